The molecule has 24 heavy (non-hydrogen) atoms. The van der Waals surface area contributed by atoms with Gasteiger partial charge >= 0.3 is 0 Å². The number of sulfonamides is 1. The van der Waals surface area contributed by atoms with E-state index >= 15 is 0 Å². The van der Waals surface area contributed by atoms with Crippen LogP contribution in [0.3, 0.4) is 0 Å². The largest absolute Gasteiger partial charge is 0.378 e. The van der Waals surface area contributed by atoms with Crippen LogP contribution in [0.2, 0.25) is 0 Å². The second kappa shape index (κ2) is 7.95. The molecule has 1 aromatic rings. The van der Waals surface area contributed by atoms with Gasteiger partial charge in [0.15, 0.2) is 0 Å². The molecule has 136 valence electrons. The number of ether oxygens (including phenoxy) is 1. The van der Waals surface area contributed by atoms with Crippen LogP contribution in [-0.4, -0.2) is 45.1 Å². The molecule has 1 saturated heterocycles. The van der Waals surface area contributed by atoms with Gasteiger partial charge < -0.3 is 10.5 Å². The minimum absolute atomic E-state index is 0.0154. The summed E-state index contributed by atoms with van der Waals surface area (Å²) in [4.78, 5) is 0.373. The van der Waals surface area contributed by atoms with Crippen molar-refractivity contribution in [2.75, 3.05) is 26.2 Å². The van der Waals surface area contributed by atoms with Crippen LogP contribution in [0.25, 0.3) is 0 Å². The van der Waals surface area contributed by atoms with Crippen LogP contribution < -0.4 is 5.73 Å². The van der Waals surface area contributed by atoms with E-state index in [0.717, 1.165) is 24.8 Å². The molecule has 0 unspecified atom stereocenters. The molecule has 2 N–H and O–H groups in total. The molecule has 0 aromatic heterocycles. The third-order valence-corrected chi connectivity index (χ3v) is 6.37. The Kier molecular flexibility index (Phi) is 6.42. The molecule has 1 aliphatic rings. The Bertz CT molecular complexity index is 613. The van der Waals surface area contributed by atoms with Crippen LogP contribution >= 0.6 is 0 Å². The number of hydrogen-bond donors (Lipinski definition) is 1. The Balaban J connectivity index is 1.99. The lowest BCUT2D eigenvalue weighted by Gasteiger charge is -2.31. The molecule has 0 amide bonds. The fourth-order valence-electron chi connectivity index (χ4n) is 2.85. The van der Waals surface area contributed by atoms with Crippen LogP contribution in [0.15, 0.2) is 29.2 Å². The predicted molar refractivity (Wildman–Crippen MR) is 96.5 cm³/mol. The van der Waals surface area contributed by atoms with E-state index in [-0.39, 0.29) is 11.5 Å². The molecule has 0 saturated carbocycles. The summed E-state index contributed by atoms with van der Waals surface area (Å²) in [7, 11) is -3.42. The molecule has 0 radical (unpaired) electrons. The summed E-state index contributed by atoms with van der Waals surface area (Å²) in [5.74, 6) is 0. The topological polar surface area (TPSA) is 72.6 Å². The Morgan fingerprint density at radius 3 is 2.25 bits per heavy atom. The van der Waals surface area contributed by atoms with Crippen LogP contribution in [0.4, 0.5) is 0 Å². The predicted octanol–water partition coefficient (Wildman–Crippen LogP) is 2.50. The summed E-state index contributed by atoms with van der Waals surface area (Å²) in [6.07, 6.45) is 2.47. The van der Waals surface area contributed by atoms with Crippen LogP contribution in [0.1, 0.15) is 45.6 Å². The number of hydrogen-bond acceptors (Lipinski definition) is 4. The van der Waals surface area contributed by atoms with Gasteiger partial charge in [-0.3, -0.25) is 0 Å². The molecule has 0 aliphatic carbocycles. The van der Waals surface area contributed by atoms with Gasteiger partial charge in [-0.15, -0.1) is 0 Å². The normalized spacial score (nSPS) is 18.0. The summed E-state index contributed by atoms with van der Waals surface area (Å²) < 4.78 is 32.9. The zero-order valence-corrected chi connectivity index (χ0v) is 15.8. The van der Waals surface area contributed by atoms with E-state index < -0.39 is 10.0 Å². The lowest BCUT2D eigenvalue weighted by molar-refractivity contribution is 0.0209. The third-order valence-electron chi connectivity index (χ3n) is 4.46. The van der Waals surface area contributed by atoms with Gasteiger partial charge in [-0.2, -0.15) is 4.31 Å². The van der Waals surface area contributed by atoms with Crippen molar-refractivity contribution in [3.05, 3.63) is 29.8 Å². The summed E-state index contributed by atoms with van der Waals surface area (Å²) in [6, 6.07) is 7.27. The van der Waals surface area contributed by atoms with E-state index in [1.807, 2.05) is 12.1 Å². The second-order valence-electron chi connectivity index (χ2n) is 7.39. The first kappa shape index (κ1) is 19.4. The maximum Gasteiger partial charge on any atom is 0.243 e. The minimum Gasteiger partial charge on any atom is -0.378 e. The van der Waals surface area contributed by atoms with Gasteiger partial charge in [0, 0.05) is 19.7 Å². The summed E-state index contributed by atoms with van der Waals surface area (Å²) in [6.45, 7) is 8.65. The number of nitrogens with two attached hydrogens (primary N) is 1. The number of nitrogens with zero attached hydrogens (tertiary/aromatic N) is 1. The monoisotopic (exact) mass is 354 g/mol. The molecular formula is C18H30N2O3S. The summed E-state index contributed by atoms with van der Waals surface area (Å²) in [5.41, 5.74) is 6.61. The van der Waals surface area contributed by atoms with Gasteiger partial charge in [-0.25, -0.2) is 8.42 Å². The van der Waals surface area contributed by atoms with E-state index in [2.05, 4.69) is 20.8 Å². The van der Waals surface area contributed by atoms with Crippen molar-refractivity contribution in [1.29, 1.82) is 0 Å². The van der Waals surface area contributed by atoms with Gasteiger partial charge in [0.2, 0.25) is 10.0 Å². The number of rotatable bonds is 6. The molecule has 0 bridgehead atoms. The standard InChI is InChI=1S/C18H30N2O3S/c1-18(2,3)15-5-7-17(8-6-15)24(21,22)20-12-9-16(10-13-20)23-14-4-11-19/h5-8,16H,4,9-14,19H2,1-3H3. The van der Waals surface area contributed by atoms with Gasteiger partial charge in [-0.05, 0) is 48.9 Å². The van der Waals surface area contributed by atoms with Crippen molar-refractivity contribution in [1.82, 2.24) is 4.31 Å². The summed E-state index contributed by atoms with van der Waals surface area (Å²) >= 11 is 0. The zero-order chi connectivity index (χ0) is 17.8. The number of benzene rings is 1. The number of piperidine rings is 1. The van der Waals surface area contributed by atoms with Crippen molar-refractivity contribution in [3.8, 4) is 0 Å². The first-order valence-electron chi connectivity index (χ1n) is 8.67. The fraction of sp³-hybridized carbons (Fsp3) is 0.667. The average Bonchev–Trinajstić information content (AvgIpc) is 2.55. The second-order valence-corrected chi connectivity index (χ2v) is 9.33. The van der Waals surface area contributed by atoms with E-state index in [1.54, 1.807) is 16.4 Å². The van der Waals surface area contributed by atoms with E-state index in [9.17, 15) is 8.42 Å². The van der Waals surface area contributed by atoms with Crippen LogP contribution in [0, 0.1) is 0 Å². The molecule has 6 heteroatoms. The van der Waals surface area contributed by atoms with Gasteiger partial charge in [0.1, 0.15) is 0 Å². The van der Waals surface area contributed by atoms with E-state index in [0.29, 0.717) is 31.1 Å². The summed E-state index contributed by atoms with van der Waals surface area (Å²) in [5, 5.41) is 0. The highest BCUT2D eigenvalue weighted by molar-refractivity contribution is 7.89. The average molecular weight is 355 g/mol. The zero-order valence-electron chi connectivity index (χ0n) is 15.0. The first-order valence-corrected chi connectivity index (χ1v) is 10.1. The Morgan fingerprint density at radius 1 is 1.17 bits per heavy atom. The Labute approximate surface area is 146 Å². The minimum atomic E-state index is -3.42. The highest BCUT2D eigenvalue weighted by Gasteiger charge is 2.29. The van der Waals surface area contributed by atoms with Crippen molar-refractivity contribution < 1.29 is 13.2 Å². The van der Waals surface area contributed by atoms with Gasteiger partial charge in [-0.1, -0.05) is 32.9 Å². The smallest absolute Gasteiger partial charge is 0.243 e. The third kappa shape index (κ3) is 4.79. The molecule has 2 rings (SSSR count). The Morgan fingerprint density at radius 2 is 1.75 bits per heavy atom. The van der Waals surface area contributed by atoms with Crippen molar-refractivity contribution in [2.45, 2.75) is 56.4 Å². The lowest BCUT2D eigenvalue weighted by Crippen LogP contribution is -2.41. The molecule has 1 heterocycles. The molecule has 1 fully saturated rings. The maximum atomic E-state index is 12.8. The molecule has 1 aliphatic heterocycles. The van der Waals surface area contributed by atoms with Gasteiger partial charge in [0.25, 0.3) is 0 Å². The van der Waals surface area contributed by atoms with Crippen LogP contribution in [-0.2, 0) is 20.2 Å². The van der Waals surface area contributed by atoms with Crippen molar-refractivity contribution in [3.63, 3.8) is 0 Å². The molecule has 0 spiro atoms. The molecular weight excluding hydrogens is 324 g/mol. The fourth-order valence-corrected chi connectivity index (χ4v) is 4.32. The van der Waals surface area contributed by atoms with Gasteiger partial charge in [0.05, 0.1) is 11.0 Å². The quantitative estimate of drug-likeness (QED) is 0.797. The Hall–Kier alpha value is -0.950. The van der Waals surface area contributed by atoms with Crippen LogP contribution in [0.5, 0.6) is 0 Å². The van der Waals surface area contributed by atoms with E-state index in [4.69, 9.17) is 10.5 Å². The highest BCUT2D eigenvalue weighted by Crippen LogP contribution is 2.26. The molecule has 5 nitrogen and oxygen atoms in total. The van der Waals surface area contributed by atoms with Crippen molar-refractivity contribution in [2.24, 2.45) is 5.73 Å². The maximum absolute atomic E-state index is 12.8. The molecule has 0 atom stereocenters. The highest BCUT2D eigenvalue weighted by atomic mass is 32.2. The SMILES string of the molecule is CC(C)(C)c1ccc(S(=O)(=O)N2CCC(OCCCN)CC2)cc1. The van der Waals surface area contributed by atoms with E-state index in [1.165, 1.54) is 0 Å². The van der Waals surface area contributed by atoms with Crippen molar-refractivity contribution >= 4 is 10.0 Å². The first-order chi connectivity index (χ1) is 11.2. The molecule has 1 aromatic carbocycles. The lowest BCUT2D eigenvalue weighted by atomic mass is 9.87.